The van der Waals surface area contributed by atoms with E-state index in [0.29, 0.717) is 48.0 Å². The number of unbranched alkanes of at least 4 members (excludes halogenated alkanes) is 1. The smallest absolute Gasteiger partial charge is 0.409 e. The first-order chi connectivity index (χ1) is 16.6. The van der Waals surface area contributed by atoms with E-state index in [9.17, 15) is 19.1 Å². The number of hydrogen-bond donors (Lipinski definition) is 2. The van der Waals surface area contributed by atoms with E-state index >= 15 is 0 Å². The van der Waals surface area contributed by atoms with Gasteiger partial charge < -0.3 is 24.2 Å². The maximum Gasteiger partial charge on any atom is 0.409 e. The van der Waals surface area contributed by atoms with E-state index in [4.69, 9.17) is 26.1 Å². The number of aromatic nitrogens is 1. The van der Waals surface area contributed by atoms with Gasteiger partial charge in [-0.05, 0) is 63.3 Å². The molecule has 2 atom stereocenters. The molecule has 1 aromatic carbocycles. The van der Waals surface area contributed by atoms with Gasteiger partial charge in [-0.2, -0.15) is 0 Å². The molecule has 2 aromatic rings. The molecule has 1 amide bonds. The Hall–Kier alpha value is -2.12. The minimum absolute atomic E-state index is 0.0655. The van der Waals surface area contributed by atoms with Crippen molar-refractivity contribution in [1.82, 2.24) is 9.88 Å². The lowest BCUT2D eigenvalue weighted by molar-refractivity contribution is 0.104. The highest BCUT2D eigenvalue weighted by atomic mass is 35.5. The van der Waals surface area contributed by atoms with Crippen LogP contribution in [0.5, 0.6) is 5.75 Å². The molecule has 2 N–H and O–H groups in total. The first kappa shape index (κ1) is 27.5. The highest BCUT2D eigenvalue weighted by Crippen LogP contribution is 2.48. The van der Waals surface area contributed by atoms with Crippen LogP contribution in [0.25, 0.3) is 11.3 Å². The number of rotatable bonds is 9. The highest BCUT2D eigenvalue weighted by Gasteiger charge is 2.35. The Morgan fingerprint density at radius 2 is 2.03 bits per heavy atom. The number of hydrogen-bond acceptors (Lipinski definition) is 5. The average Bonchev–Trinajstić information content (AvgIpc) is 2.82. The fraction of sp³-hybridized carbons (Fsp3) is 0.520. The van der Waals surface area contributed by atoms with E-state index in [1.165, 1.54) is 0 Å². The van der Waals surface area contributed by atoms with E-state index in [0.717, 1.165) is 30.4 Å². The summed E-state index contributed by atoms with van der Waals surface area (Å²) in [6, 6.07) is 9.03. The minimum atomic E-state index is -4.12. The number of pyridine rings is 1. The van der Waals surface area contributed by atoms with Crippen molar-refractivity contribution >= 4 is 25.3 Å². The molecular formula is C25H34ClN2O6P. The van der Waals surface area contributed by atoms with Crippen molar-refractivity contribution < 1.29 is 28.6 Å². The lowest BCUT2D eigenvalue weighted by Gasteiger charge is -2.30. The van der Waals surface area contributed by atoms with Crippen LogP contribution in [0.1, 0.15) is 56.7 Å². The number of carbonyl (C=O) groups is 1. The zero-order chi connectivity index (χ0) is 25.6. The van der Waals surface area contributed by atoms with Gasteiger partial charge in [0.1, 0.15) is 12.4 Å². The minimum Gasteiger partial charge on any atom is -0.489 e. The van der Waals surface area contributed by atoms with Crippen molar-refractivity contribution in [3.8, 4) is 17.0 Å². The summed E-state index contributed by atoms with van der Waals surface area (Å²) >= 11 is 6.21. The highest BCUT2D eigenvalue weighted by molar-refractivity contribution is 7.52. The Kier molecular flexibility index (Phi) is 9.59. The summed E-state index contributed by atoms with van der Waals surface area (Å²) in [5, 5.41) is 0.535. The summed E-state index contributed by atoms with van der Waals surface area (Å²) in [6.45, 7) is 4.60. The fourth-order valence-corrected chi connectivity index (χ4v) is 5.43. The Bertz CT molecular complexity index is 1080. The number of amides is 1. The third-order valence-electron chi connectivity index (χ3n) is 6.26. The average molecular weight is 525 g/mol. The molecule has 8 nitrogen and oxygen atoms in total. The quantitative estimate of drug-likeness (QED) is 0.390. The molecule has 0 radical (unpaired) electrons. The topological polar surface area (TPSA) is 109 Å². The van der Waals surface area contributed by atoms with Gasteiger partial charge in [0.25, 0.3) is 0 Å². The van der Waals surface area contributed by atoms with Crippen molar-refractivity contribution in [2.24, 2.45) is 0 Å². The summed E-state index contributed by atoms with van der Waals surface area (Å²) in [5.74, 6) is 0.588. The van der Waals surface area contributed by atoms with Gasteiger partial charge in [0, 0.05) is 29.7 Å². The molecule has 0 bridgehead atoms. The largest absolute Gasteiger partial charge is 0.489 e. The van der Waals surface area contributed by atoms with E-state index in [-0.39, 0.29) is 12.7 Å². The number of carbonyl (C=O) groups excluding carboxylic acids is 1. The Balaban J connectivity index is 1.73. The second-order valence-corrected chi connectivity index (χ2v) is 11.4. The summed E-state index contributed by atoms with van der Waals surface area (Å²) < 4.78 is 23.3. The molecule has 0 spiro atoms. The first-order valence-electron chi connectivity index (χ1n) is 11.9. The van der Waals surface area contributed by atoms with Crippen molar-refractivity contribution in [2.45, 2.75) is 70.7 Å². The monoisotopic (exact) mass is 524 g/mol. The summed E-state index contributed by atoms with van der Waals surface area (Å²) in [7, 11) is -2.41. The second-order valence-electron chi connectivity index (χ2n) is 9.06. The van der Waals surface area contributed by atoms with Crippen molar-refractivity contribution in [3.63, 3.8) is 0 Å². The van der Waals surface area contributed by atoms with Crippen LogP contribution in [0.15, 0.2) is 30.3 Å². The predicted molar refractivity (Wildman–Crippen MR) is 136 cm³/mol. The van der Waals surface area contributed by atoms with Crippen LogP contribution in [0, 0.1) is 6.92 Å². The van der Waals surface area contributed by atoms with Gasteiger partial charge in [-0.25, -0.2) is 9.78 Å². The fourth-order valence-electron chi connectivity index (χ4n) is 4.20. The van der Waals surface area contributed by atoms with Crippen LogP contribution in [-0.4, -0.2) is 51.1 Å². The Morgan fingerprint density at radius 1 is 1.26 bits per heavy atom. The first-order valence-corrected chi connectivity index (χ1v) is 14.0. The third kappa shape index (κ3) is 7.68. The molecule has 1 heterocycles. The molecule has 192 valence electrons. The SMILES string of the molecule is CCCCN(C)C(=O)OCc1cc(Cl)ccc1-c1ccc(OC2CCCC(P(=O)(O)O)C2)c(C)n1. The van der Waals surface area contributed by atoms with Crippen molar-refractivity contribution in [3.05, 3.63) is 46.6 Å². The van der Waals surface area contributed by atoms with Crippen molar-refractivity contribution in [1.29, 1.82) is 0 Å². The normalized spacial score (nSPS) is 18.2. The van der Waals surface area contributed by atoms with Gasteiger partial charge in [-0.1, -0.05) is 31.0 Å². The van der Waals surface area contributed by atoms with E-state index in [1.54, 1.807) is 24.1 Å². The van der Waals surface area contributed by atoms with Gasteiger partial charge in [-0.3, -0.25) is 4.57 Å². The molecule has 1 aliphatic carbocycles. The van der Waals surface area contributed by atoms with Gasteiger partial charge in [0.2, 0.25) is 0 Å². The van der Waals surface area contributed by atoms with Crippen LogP contribution >= 0.6 is 19.2 Å². The predicted octanol–water partition coefficient (Wildman–Crippen LogP) is 5.95. The van der Waals surface area contributed by atoms with E-state index in [1.807, 2.05) is 25.1 Å². The van der Waals surface area contributed by atoms with Gasteiger partial charge in [0.15, 0.2) is 0 Å². The van der Waals surface area contributed by atoms with Gasteiger partial charge in [0.05, 0.1) is 23.2 Å². The van der Waals surface area contributed by atoms with Crippen molar-refractivity contribution in [2.75, 3.05) is 13.6 Å². The van der Waals surface area contributed by atoms with Crippen LogP contribution in [0.2, 0.25) is 5.02 Å². The number of benzene rings is 1. The zero-order valence-electron chi connectivity index (χ0n) is 20.4. The number of nitrogens with zero attached hydrogens (tertiary/aromatic N) is 2. The van der Waals surface area contributed by atoms with E-state index in [2.05, 4.69) is 6.92 Å². The number of aryl methyl sites for hydroxylation is 1. The van der Waals surface area contributed by atoms with Gasteiger partial charge in [-0.15, -0.1) is 0 Å². The summed E-state index contributed by atoms with van der Waals surface area (Å²) in [5.41, 5.74) is 2.24. The molecule has 10 heteroatoms. The Labute approximate surface area is 211 Å². The van der Waals surface area contributed by atoms with Crippen LogP contribution in [-0.2, 0) is 15.9 Å². The summed E-state index contributed by atoms with van der Waals surface area (Å²) in [6.07, 6.45) is 3.55. The molecule has 1 fully saturated rings. The van der Waals surface area contributed by atoms with Crippen LogP contribution in [0.4, 0.5) is 4.79 Å². The molecule has 35 heavy (non-hydrogen) atoms. The molecule has 1 aliphatic rings. The lowest BCUT2D eigenvalue weighted by atomic mass is 9.97. The lowest BCUT2D eigenvalue weighted by Crippen LogP contribution is -2.28. The van der Waals surface area contributed by atoms with Crippen LogP contribution in [0.3, 0.4) is 0 Å². The summed E-state index contributed by atoms with van der Waals surface area (Å²) in [4.78, 5) is 37.6. The maximum atomic E-state index is 12.3. The molecule has 1 saturated carbocycles. The zero-order valence-corrected chi connectivity index (χ0v) is 22.1. The number of halogens is 1. The Morgan fingerprint density at radius 3 is 2.71 bits per heavy atom. The molecule has 3 rings (SSSR count). The molecule has 2 unspecified atom stereocenters. The maximum absolute atomic E-state index is 12.3. The molecule has 1 aromatic heterocycles. The van der Waals surface area contributed by atoms with Crippen LogP contribution < -0.4 is 4.74 Å². The molecular weight excluding hydrogens is 491 g/mol. The third-order valence-corrected chi connectivity index (χ3v) is 7.91. The van der Waals surface area contributed by atoms with Gasteiger partial charge >= 0.3 is 13.7 Å². The second kappa shape index (κ2) is 12.2. The number of ether oxygens (including phenoxy) is 2. The molecule has 0 aliphatic heterocycles. The standard InChI is InChI=1S/C25H34ClN2O6P/c1-4-5-13-28(3)25(29)33-16-18-14-19(26)9-10-22(18)23-11-12-24(17(2)27-23)34-20-7-6-8-21(15-20)35(30,31)32/h9-12,14,20-21H,4-8,13,15-16H2,1-3H3,(H2,30,31,32). The molecule has 0 saturated heterocycles. The van der Waals surface area contributed by atoms with E-state index < -0.39 is 19.3 Å².